The van der Waals surface area contributed by atoms with Crippen LogP contribution in [0.3, 0.4) is 0 Å². The van der Waals surface area contributed by atoms with Gasteiger partial charge in [0.2, 0.25) is 5.91 Å². The first-order valence-electron chi connectivity index (χ1n) is 10.2. The van der Waals surface area contributed by atoms with Gasteiger partial charge in [-0.05, 0) is 42.7 Å². The van der Waals surface area contributed by atoms with E-state index in [-0.39, 0.29) is 17.9 Å². The summed E-state index contributed by atoms with van der Waals surface area (Å²) in [5, 5.41) is 11.4. The zero-order valence-electron chi connectivity index (χ0n) is 16.3. The molecule has 1 aliphatic carbocycles. The zero-order chi connectivity index (χ0) is 19.7. The Morgan fingerprint density at radius 2 is 1.86 bits per heavy atom. The molecule has 0 atom stereocenters. The third-order valence-electron chi connectivity index (χ3n) is 6.05. The summed E-state index contributed by atoms with van der Waals surface area (Å²) in [4.78, 5) is 12.7. The van der Waals surface area contributed by atoms with E-state index in [2.05, 4.69) is 27.8 Å². The van der Waals surface area contributed by atoms with Gasteiger partial charge in [0, 0.05) is 12.0 Å². The molecule has 0 radical (unpaired) electrons. The Labute approximate surface area is 169 Å². The number of rotatable bonds is 5. The highest BCUT2D eigenvalue weighted by Gasteiger charge is 2.36. The number of carbonyl (C=O) groups is 1. The Morgan fingerprint density at radius 1 is 1.07 bits per heavy atom. The Bertz CT molecular complexity index is 1040. The van der Waals surface area contributed by atoms with Gasteiger partial charge in [-0.3, -0.25) is 4.79 Å². The second-order valence-electron chi connectivity index (χ2n) is 7.86. The number of fused-ring (bicyclic) bond motifs is 2. The van der Waals surface area contributed by atoms with Crippen LogP contribution in [0.2, 0.25) is 0 Å². The van der Waals surface area contributed by atoms with Gasteiger partial charge < -0.3 is 14.8 Å². The van der Waals surface area contributed by atoms with Gasteiger partial charge in [-0.25, -0.2) is 4.68 Å². The van der Waals surface area contributed by atoms with Crippen LogP contribution in [0.1, 0.15) is 31.2 Å². The van der Waals surface area contributed by atoms with Gasteiger partial charge in [0.15, 0.2) is 11.5 Å². The predicted octanol–water partition coefficient (Wildman–Crippen LogP) is 2.83. The average molecular weight is 392 g/mol. The molecule has 29 heavy (non-hydrogen) atoms. The first-order chi connectivity index (χ1) is 14.2. The van der Waals surface area contributed by atoms with E-state index in [9.17, 15) is 4.79 Å². The number of hydrogen-bond donors (Lipinski definition) is 1. The minimum absolute atomic E-state index is 0.0514. The van der Waals surface area contributed by atoms with E-state index in [0.717, 1.165) is 48.2 Å². The van der Waals surface area contributed by atoms with Crippen molar-refractivity contribution >= 4 is 16.9 Å². The molecular weight excluding hydrogens is 368 g/mol. The molecule has 0 saturated heterocycles. The van der Waals surface area contributed by atoms with Crippen molar-refractivity contribution in [3.63, 3.8) is 0 Å². The summed E-state index contributed by atoms with van der Waals surface area (Å²) in [6.45, 7) is 1.94. The minimum Gasteiger partial charge on any atom is -0.486 e. The molecule has 150 valence electrons. The van der Waals surface area contributed by atoms with Crippen molar-refractivity contribution < 1.29 is 14.3 Å². The summed E-state index contributed by atoms with van der Waals surface area (Å²) in [7, 11) is 0. The van der Waals surface area contributed by atoms with Gasteiger partial charge in [-0.1, -0.05) is 36.3 Å². The number of para-hydroxylation sites is 1. The summed E-state index contributed by atoms with van der Waals surface area (Å²) in [6.07, 6.45) is 4.44. The monoisotopic (exact) mass is 392 g/mol. The highest BCUT2D eigenvalue weighted by Crippen LogP contribution is 2.43. The van der Waals surface area contributed by atoms with Crippen LogP contribution in [-0.2, 0) is 16.8 Å². The molecule has 1 aromatic heterocycles. The molecule has 3 aromatic rings. The van der Waals surface area contributed by atoms with Crippen LogP contribution < -0.4 is 14.8 Å². The number of aromatic nitrogens is 3. The van der Waals surface area contributed by atoms with Crippen LogP contribution in [0, 0.1) is 0 Å². The SMILES string of the molecule is O=C(Cn1nnc2ccccc21)NCC1(c2ccc3c(c2)OCCO3)CCCC1. The molecule has 2 aliphatic rings. The quantitative estimate of drug-likeness (QED) is 0.722. The van der Waals surface area contributed by atoms with Crippen molar-refractivity contribution in [2.45, 2.75) is 37.6 Å². The maximum atomic E-state index is 12.7. The average Bonchev–Trinajstić information content (AvgIpc) is 3.40. The van der Waals surface area contributed by atoms with E-state index in [1.165, 1.54) is 5.56 Å². The Hall–Kier alpha value is -3.09. The molecule has 0 spiro atoms. The number of benzene rings is 2. The van der Waals surface area contributed by atoms with E-state index >= 15 is 0 Å². The molecular formula is C22H24N4O3. The molecule has 5 rings (SSSR count). The second-order valence-corrected chi connectivity index (χ2v) is 7.86. The maximum absolute atomic E-state index is 12.7. The molecule has 1 amide bonds. The molecule has 2 heterocycles. The summed E-state index contributed by atoms with van der Waals surface area (Å²) in [5.41, 5.74) is 2.82. The van der Waals surface area contributed by atoms with Crippen molar-refractivity contribution in [3.05, 3.63) is 48.0 Å². The van der Waals surface area contributed by atoms with Gasteiger partial charge in [0.1, 0.15) is 25.3 Å². The fourth-order valence-electron chi connectivity index (χ4n) is 4.49. The minimum atomic E-state index is -0.0596. The highest BCUT2D eigenvalue weighted by molar-refractivity contribution is 5.79. The van der Waals surface area contributed by atoms with Crippen LogP contribution in [0.4, 0.5) is 0 Å². The number of amides is 1. The summed E-state index contributed by atoms with van der Waals surface area (Å²) < 4.78 is 13.1. The fraction of sp³-hybridized carbons (Fsp3) is 0.409. The summed E-state index contributed by atoms with van der Waals surface area (Å²) >= 11 is 0. The van der Waals surface area contributed by atoms with E-state index in [4.69, 9.17) is 9.47 Å². The predicted molar refractivity (Wildman–Crippen MR) is 108 cm³/mol. The van der Waals surface area contributed by atoms with Crippen molar-refractivity contribution in [2.24, 2.45) is 0 Å². The highest BCUT2D eigenvalue weighted by atomic mass is 16.6. The molecule has 0 unspecified atom stereocenters. The van der Waals surface area contributed by atoms with Crippen molar-refractivity contribution in [1.29, 1.82) is 0 Å². The summed E-state index contributed by atoms with van der Waals surface area (Å²) in [5.74, 6) is 1.56. The van der Waals surface area contributed by atoms with Crippen molar-refractivity contribution in [3.8, 4) is 11.5 Å². The molecule has 2 aromatic carbocycles. The third kappa shape index (κ3) is 3.41. The number of nitrogens with one attached hydrogen (secondary N) is 1. The lowest BCUT2D eigenvalue weighted by molar-refractivity contribution is -0.122. The van der Waals surface area contributed by atoms with E-state index < -0.39 is 0 Å². The lowest BCUT2D eigenvalue weighted by Crippen LogP contribution is -2.40. The smallest absolute Gasteiger partial charge is 0.241 e. The van der Waals surface area contributed by atoms with Gasteiger partial charge >= 0.3 is 0 Å². The fourth-order valence-corrected chi connectivity index (χ4v) is 4.49. The van der Waals surface area contributed by atoms with Crippen molar-refractivity contribution in [2.75, 3.05) is 19.8 Å². The van der Waals surface area contributed by atoms with E-state index in [1.807, 2.05) is 30.3 Å². The van der Waals surface area contributed by atoms with Crippen LogP contribution in [-0.4, -0.2) is 40.7 Å². The standard InChI is InChI=1S/C22H24N4O3/c27-21(14-26-18-6-2-1-5-17(18)24-25-26)23-15-22(9-3-4-10-22)16-7-8-19-20(13-16)29-12-11-28-19/h1-2,5-8,13H,3-4,9-12,14-15H2,(H,23,27). The topological polar surface area (TPSA) is 78.3 Å². The van der Waals surface area contributed by atoms with Crippen LogP contribution >= 0.6 is 0 Å². The Morgan fingerprint density at radius 3 is 2.72 bits per heavy atom. The van der Waals surface area contributed by atoms with Gasteiger partial charge in [-0.2, -0.15) is 0 Å². The summed E-state index contributed by atoms with van der Waals surface area (Å²) in [6, 6.07) is 13.9. The van der Waals surface area contributed by atoms with Crippen LogP contribution in [0.5, 0.6) is 11.5 Å². The Balaban J connectivity index is 1.31. The maximum Gasteiger partial charge on any atom is 0.241 e. The van der Waals surface area contributed by atoms with Crippen molar-refractivity contribution in [1.82, 2.24) is 20.3 Å². The zero-order valence-corrected chi connectivity index (χ0v) is 16.3. The Kier molecular flexibility index (Phi) is 4.58. The molecule has 1 fully saturated rings. The van der Waals surface area contributed by atoms with Crippen LogP contribution in [0.25, 0.3) is 11.0 Å². The number of hydrogen-bond acceptors (Lipinski definition) is 5. The van der Waals surface area contributed by atoms with Gasteiger partial charge in [0.05, 0.1) is 5.52 Å². The number of ether oxygens (including phenoxy) is 2. The van der Waals surface area contributed by atoms with Crippen LogP contribution in [0.15, 0.2) is 42.5 Å². The second kappa shape index (κ2) is 7.39. The first-order valence-corrected chi connectivity index (χ1v) is 10.2. The third-order valence-corrected chi connectivity index (χ3v) is 6.05. The van der Waals surface area contributed by atoms with Gasteiger partial charge in [0.25, 0.3) is 0 Å². The van der Waals surface area contributed by atoms with E-state index in [1.54, 1.807) is 4.68 Å². The normalized spacial score (nSPS) is 17.4. The number of nitrogens with zero attached hydrogens (tertiary/aromatic N) is 3. The number of carbonyl (C=O) groups excluding carboxylic acids is 1. The largest absolute Gasteiger partial charge is 0.486 e. The first kappa shape index (κ1) is 18.0. The molecule has 7 nitrogen and oxygen atoms in total. The molecule has 1 aliphatic heterocycles. The molecule has 0 bridgehead atoms. The molecule has 1 saturated carbocycles. The lowest BCUT2D eigenvalue weighted by Gasteiger charge is -2.31. The molecule has 1 N–H and O–H groups in total. The lowest BCUT2D eigenvalue weighted by atomic mass is 9.78. The van der Waals surface area contributed by atoms with Gasteiger partial charge in [-0.15, -0.1) is 5.10 Å². The molecule has 7 heteroatoms. The van der Waals surface area contributed by atoms with E-state index in [0.29, 0.717) is 19.8 Å².